The summed E-state index contributed by atoms with van der Waals surface area (Å²) in [6.07, 6.45) is 0. The van der Waals surface area contributed by atoms with Gasteiger partial charge >= 0.3 is 0 Å². The van der Waals surface area contributed by atoms with Gasteiger partial charge in [-0.3, -0.25) is 0 Å². The van der Waals surface area contributed by atoms with Gasteiger partial charge < -0.3 is 5.32 Å². The molecule has 0 spiro atoms. The molecule has 2 aromatic rings. The van der Waals surface area contributed by atoms with Gasteiger partial charge in [0.25, 0.3) is 0 Å². The van der Waals surface area contributed by atoms with Crippen LogP contribution >= 0.6 is 23.4 Å². The molecule has 0 aliphatic carbocycles. The highest BCUT2D eigenvalue weighted by Gasteiger charge is 2.07. The Morgan fingerprint density at radius 1 is 1.21 bits per heavy atom. The zero-order chi connectivity index (χ0) is 13.7. The zero-order valence-corrected chi connectivity index (χ0v) is 12.2. The fourth-order valence-electron chi connectivity index (χ4n) is 1.78. The number of nitrogens with one attached hydrogen (secondary N) is 1. The number of hydrogen-bond acceptors (Lipinski definition) is 2. The molecule has 100 valence electrons. The van der Waals surface area contributed by atoms with E-state index in [0.717, 1.165) is 11.4 Å². The highest BCUT2D eigenvalue weighted by atomic mass is 35.5. The number of halogens is 2. The van der Waals surface area contributed by atoms with Crippen LogP contribution in [0.3, 0.4) is 0 Å². The van der Waals surface area contributed by atoms with Gasteiger partial charge in [0.2, 0.25) is 0 Å². The molecule has 0 bridgehead atoms. The number of benzene rings is 2. The van der Waals surface area contributed by atoms with Crippen molar-refractivity contribution in [3.05, 3.63) is 64.4 Å². The lowest BCUT2D eigenvalue weighted by Crippen LogP contribution is -2.04. The average molecular weight is 296 g/mol. The van der Waals surface area contributed by atoms with Crippen molar-refractivity contribution < 1.29 is 4.39 Å². The van der Waals surface area contributed by atoms with Crippen molar-refractivity contribution >= 4 is 23.4 Å². The molecule has 4 heteroatoms. The molecule has 0 aliphatic heterocycles. The summed E-state index contributed by atoms with van der Waals surface area (Å²) in [5, 5.41) is 3.60. The third-order valence-electron chi connectivity index (χ3n) is 2.72. The van der Waals surface area contributed by atoms with Gasteiger partial charge in [-0.05, 0) is 36.9 Å². The van der Waals surface area contributed by atoms with E-state index in [9.17, 15) is 4.39 Å². The van der Waals surface area contributed by atoms with Crippen molar-refractivity contribution in [2.45, 2.75) is 17.2 Å². The highest BCUT2D eigenvalue weighted by molar-refractivity contribution is 7.98. The molecule has 0 heterocycles. The maximum absolute atomic E-state index is 13.6. The van der Waals surface area contributed by atoms with Gasteiger partial charge in [0, 0.05) is 27.8 Å². The first-order chi connectivity index (χ1) is 9.20. The Morgan fingerprint density at radius 3 is 2.74 bits per heavy atom. The third kappa shape index (κ3) is 3.96. The van der Waals surface area contributed by atoms with Crippen LogP contribution in [-0.2, 0) is 12.3 Å². The lowest BCUT2D eigenvalue weighted by Gasteiger charge is -2.07. The highest BCUT2D eigenvalue weighted by Crippen LogP contribution is 2.28. The Morgan fingerprint density at radius 2 is 2.00 bits per heavy atom. The lowest BCUT2D eigenvalue weighted by atomic mass is 10.2. The molecule has 0 aliphatic rings. The molecule has 1 nitrogen and oxygen atoms in total. The standard InChI is InChI=1S/C15H15ClFNS/c1-18-9-11-4-2-5-12(8-11)19-10-13-14(16)6-3-7-15(13)17/h2-8,18H,9-10H2,1H3. The molecular weight excluding hydrogens is 281 g/mol. The van der Waals surface area contributed by atoms with Crippen molar-refractivity contribution in [3.63, 3.8) is 0 Å². The molecule has 2 aromatic carbocycles. The Balaban J connectivity index is 2.08. The van der Waals surface area contributed by atoms with E-state index < -0.39 is 0 Å². The van der Waals surface area contributed by atoms with E-state index in [2.05, 4.69) is 17.4 Å². The van der Waals surface area contributed by atoms with Crippen molar-refractivity contribution in [2.75, 3.05) is 7.05 Å². The average Bonchev–Trinajstić information content (AvgIpc) is 2.39. The first kappa shape index (κ1) is 14.4. The van der Waals surface area contributed by atoms with Gasteiger partial charge in [-0.25, -0.2) is 4.39 Å². The minimum Gasteiger partial charge on any atom is -0.316 e. The molecule has 0 saturated heterocycles. The second-order valence-corrected chi connectivity index (χ2v) is 5.62. The van der Waals surface area contributed by atoms with Gasteiger partial charge in [0.15, 0.2) is 0 Å². The predicted molar refractivity (Wildman–Crippen MR) is 80.2 cm³/mol. The second kappa shape index (κ2) is 6.94. The summed E-state index contributed by atoms with van der Waals surface area (Å²) in [5.41, 5.74) is 1.78. The molecule has 1 N–H and O–H groups in total. The Kier molecular flexibility index (Phi) is 5.25. The van der Waals surface area contributed by atoms with Gasteiger partial charge in [0.05, 0.1) is 0 Å². The molecule has 0 atom stereocenters. The Bertz CT molecular complexity index is 539. The summed E-state index contributed by atoms with van der Waals surface area (Å²) in [6, 6.07) is 13.0. The second-order valence-electron chi connectivity index (χ2n) is 4.17. The van der Waals surface area contributed by atoms with Crippen molar-refractivity contribution in [3.8, 4) is 0 Å². The minimum atomic E-state index is -0.244. The topological polar surface area (TPSA) is 12.0 Å². The van der Waals surface area contributed by atoms with Crippen molar-refractivity contribution in [1.82, 2.24) is 5.32 Å². The van der Waals surface area contributed by atoms with Crippen LogP contribution in [0.5, 0.6) is 0 Å². The zero-order valence-electron chi connectivity index (χ0n) is 10.6. The van der Waals surface area contributed by atoms with Crippen LogP contribution in [0.1, 0.15) is 11.1 Å². The molecular formula is C15H15ClFNS. The molecule has 0 fully saturated rings. The van der Waals surface area contributed by atoms with Crippen LogP contribution in [0.4, 0.5) is 4.39 Å². The van der Waals surface area contributed by atoms with Crippen LogP contribution in [0.2, 0.25) is 5.02 Å². The smallest absolute Gasteiger partial charge is 0.128 e. The third-order valence-corrected chi connectivity index (χ3v) is 4.10. The first-order valence-electron chi connectivity index (χ1n) is 6.00. The summed E-state index contributed by atoms with van der Waals surface area (Å²) in [6.45, 7) is 0.828. The van der Waals surface area contributed by atoms with E-state index >= 15 is 0 Å². The summed E-state index contributed by atoms with van der Waals surface area (Å²) in [4.78, 5) is 1.12. The summed E-state index contributed by atoms with van der Waals surface area (Å²) in [5.74, 6) is 0.292. The minimum absolute atomic E-state index is 0.244. The van der Waals surface area contributed by atoms with E-state index in [1.54, 1.807) is 23.9 Å². The fraction of sp³-hybridized carbons (Fsp3) is 0.200. The largest absolute Gasteiger partial charge is 0.316 e. The molecule has 0 saturated carbocycles. The van der Waals surface area contributed by atoms with Crippen LogP contribution < -0.4 is 5.32 Å². The summed E-state index contributed by atoms with van der Waals surface area (Å²) >= 11 is 7.60. The van der Waals surface area contributed by atoms with E-state index in [0.29, 0.717) is 16.3 Å². The maximum atomic E-state index is 13.6. The van der Waals surface area contributed by atoms with Gasteiger partial charge in [-0.2, -0.15) is 0 Å². The normalized spacial score (nSPS) is 10.7. The Labute approximate surface area is 122 Å². The Hall–Kier alpha value is -1.03. The van der Waals surface area contributed by atoms with E-state index in [4.69, 9.17) is 11.6 Å². The van der Waals surface area contributed by atoms with Crippen molar-refractivity contribution in [2.24, 2.45) is 0 Å². The summed E-state index contributed by atoms with van der Waals surface area (Å²) in [7, 11) is 1.92. The summed E-state index contributed by atoms with van der Waals surface area (Å²) < 4.78 is 13.6. The quantitative estimate of drug-likeness (QED) is 0.816. The van der Waals surface area contributed by atoms with E-state index in [1.165, 1.54) is 11.6 Å². The molecule has 0 aromatic heterocycles. The molecule has 0 unspecified atom stereocenters. The van der Waals surface area contributed by atoms with Gasteiger partial charge in [-0.1, -0.05) is 29.8 Å². The monoisotopic (exact) mass is 295 g/mol. The number of hydrogen-bond donors (Lipinski definition) is 1. The van der Waals surface area contributed by atoms with Crippen LogP contribution in [0.15, 0.2) is 47.4 Å². The van der Waals surface area contributed by atoms with Gasteiger partial charge in [0.1, 0.15) is 5.82 Å². The first-order valence-corrected chi connectivity index (χ1v) is 7.36. The van der Waals surface area contributed by atoms with Crippen LogP contribution in [0, 0.1) is 5.82 Å². The van der Waals surface area contributed by atoms with Crippen LogP contribution in [0.25, 0.3) is 0 Å². The molecule has 0 amide bonds. The molecule has 0 radical (unpaired) electrons. The SMILES string of the molecule is CNCc1cccc(SCc2c(F)cccc2Cl)c1. The van der Waals surface area contributed by atoms with Crippen LogP contribution in [-0.4, -0.2) is 7.05 Å². The van der Waals surface area contributed by atoms with E-state index in [-0.39, 0.29) is 5.82 Å². The number of thioether (sulfide) groups is 1. The maximum Gasteiger partial charge on any atom is 0.128 e. The van der Waals surface area contributed by atoms with Gasteiger partial charge in [-0.15, -0.1) is 11.8 Å². The number of rotatable bonds is 5. The molecule has 19 heavy (non-hydrogen) atoms. The molecule has 2 rings (SSSR count). The fourth-order valence-corrected chi connectivity index (χ4v) is 3.10. The van der Waals surface area contributed by atoms with Crippen molar-refractivity contribution in [1.29, 1.82) is 0 Å². The predicted octanol–water partition coefficient (Wildman–Crippen LogP) is 4.49. The van der Waals surface area contributed by atoms with E-state index in [1.807, 2.05) is 19.2 Å². The lowest BCUT2D eigenvalue weighted by molar-refractivity contribution is 0.617.